The zero-order valence-electron chi connectivity index (χ0n) is 19.5. The van der Waals surface area contributed by atoms with Gasteiger partial charge >= 0.3 is 5.97 Å². The molecular weight excluding hydrogens is 456 g/mol. The first-order valence-electron chi connectivity index (χ1n) is 10.7. The molecule has 9 nitrogen and oxygen atoms in total. The number of nitrogens with zero attached hydrogens (tertiary/aromatic N) is 2. The van der Waals surface area contributed by atoms with Crippen LogP contribution in [0.1, 0.15) is 60.9 Å². The molecule has 3 heterocycles. The lowest BCUT2D eigenvalue weighted by Gasteiger charge is -2.08. The summed E-state index contributed by atoms with van der Waals surface area (Å²) in [5.74, 6) is -0.364. The summed E-state index contributed by atoms with van der Waals surface area (Å²) in [5, 5.41) is 7.10. The number of H-pyrrole nitrogens is 1. The van der Waals surface area contributed by atoms with Gasteiger partial charge in [0.25, 0.3) is 11.5 Å². The van der Waals surface area contributed by atoms with E-state index in [1.165, 1.54) is 0 Å². The summed E-state index contributed by atoms with van der Waals surface area (Å²) in [6, 6.07) is 5.76. The van der Waals surface area contributed by atoms with E-state index >= 15 is 0 Å². The van der Waals surface area contributed by atoms with Crippen molar-refractivity contribution in [2.75, 3.05) is 5.32 Å². The first-order valence-corrected chi connectivity index (χ1v) is 11.5. The van der Waals surface area contributed by atoms with E-state index in [0.29, 0.717) is 44.2 Å². The zero-order chi connectivity index (χ0) is 24.6. The number of aromatic nitrogens is 3. The van der Waals surface area contributed by atoms with Crippen LogP contribution in [0.15, 0.2) is 27.5 Å². The minimum absolute atomic E-state index is 0.181. The van der Waals surface area contributed by atoms with Gasteiger partial charge in [-0.15, -0.1) is 11.3 Å². The number of hydrogen-bond donors (Lipinski definition) is 2. The highest BCUT2D eigenvalue weighted by atomic mass is 32.1. The first-order chi connectivity index (χ1) is 16.2. The molecule has 34 heavy (non-hydrogen) atoms. The molecule has 0 unspecified atom stereocenters. The first kappa shape index (κ1) is 23.4. The van der Waals surface area contributed by atoms with E-state index in [2.05, 4.69) is 20.4 Å². The Morgan fingerprint density at radius 1 is 1.21 bits per heavy atom. The number of benzene rings is 1. The molecule has 3 aromatic heterocycles. The molecule has 0 saturated carbocycles. The predicted molar refractivity (Wildman–Crippen MR) is 129 cm³/mol. The summed E-state index contributed by atoms with van der Waals surface area (Å²) in [6.45, 7) is 8.87. The second kappa shape index (κ2) is 9.22. The Morgan fingerprint density at radius 3 is 2.68 bits per heavy atom. The number of amides is 1. The summed E-state index contributed by atoms with van der Waals surface area (Å²) in [7, 11) is 0. The van der Waals surface area contributed by atoms with Crippen molar-refractivity contribution >= 4 is 39.1 Å². The molecule has 2 N–H and O–H groups in total. The van der Waals surface area contributed by atoms with Crippen LogP contribution in [-0.2, 0) is 17.8 Å². The van der Waals surface area contributed by atoms with Crippen LogP contribution >= 0.6 is 11.3 Å². The van der Waals surface area contributed by atoms with Gasteiger partial charge in [-0.3, -0.25) is 9.59 Å². The number of thiophene rings is 1. The summed E-state index contributed by atoms with van der Waals surface area (Å²) in [5.41, 5.74) is 3.69. The van der Waals surface area contributed by atoms with Crippen molar-refractivity contribution in [1.29, 1.82) is 0 Å². The maximum absolute atomic E-state index is 13.0. The lowest BCUT2D eigenvalue weighted by Crippen LogP contribution is -2.15. The van der Waals surface area contributed by atoms with Gasteiger partial charge in [0.1, 0.15) is 28.6 Å². The number of hydrogen-bond acceptors (Lipinski definition) is 8. The summed E-state index contributed by atoms with van der Waals surface area (Å²) in [6.07, 6.45) is 0.518. The number of nitrogens with one attached hydrogen (secondary N) is 2. The zero-order valence-corrected chi connectivity index (χ0v) is 20.3. The fourth-order valence-corrected chi connectivity index (χ4v) is 4.83. The van der Waals surface area contributed by atoms with Crippen LogP contribution in [0.2, 0.25) is 0 Å². The largest absolute Gasteiger partial charge is 0.454 e. The third kappa shape index (κ3) is 4.36. The van der Waals surface area contributed by atoms with E-state index in [1.54, 1.807) is 13.8 Å². The number of carbonyl (C=O) groups is 2. The second-order valence-electron chi connectivity index (χ2n) is 8.01. The third-order valence-corrected chi connectivity index (χ3v) is 6.68. The van der Waals surface area contributed by atoms with E-state index in [4.69, 9.17) is 9.26 Å². The van der Waals surface area contributed by atoms with Crippen molar-refractivity contribution in [3.8, 4) is 0 Å². The molecule has 4 rings (SSSR count). The van der Waals surface area contributed by atoms with Gasteiger partial charge in [0.05, 0.1) is 16.0 Å². The van der Waals surface area contributed by atoms with E-state index in [0.717, 1.165) is 22.5 Å². The quantitative estimate of drug-likeness (QED) is 0.392. The van der Waals surface area contributed by atoms with Gasteiger partial charge in [-0.05, 0) is 51.3 Å². The number of rotatable bonds is 6. The van der Waals surface area contributed by atoms with Crippen molar-refractivity contribution in [2.45, 2.75) is 47.6 Å². The molecule has 1 aromatic carbocycles. The molecule has 4 aromatic rings. The molecule has 10 heteroatoms. The fraction of sp³-hybridized carbons (Fsp3) is 0.292. The molecule has 1 amide bonds. The molecular formula is C24H24N4O5S. The smallest absolute Gasteiger partial charge is 0.344 e. The van der Waals surface area contributed by atoms with Gasteiger partial charge in [0.15, 0.2) is 0 Å². The number of anilines is 1. The average molecular weight is 481 g/mol. The molecule has 0 fully saturated rings. The fourth-order valence-electron chi connectivity index (χ4n) is 3.73. The van der Waals surface area contributed by atoms with Gasteiger partial charge in [0.2, 0.25) is 0 Å². The number of ether oxygens (including phenoxy) is 1. The molecule has 0 aliphatic carbocycles. The maximum Gasteiger partial charge on any atom is 0.344 e. The number of aromatic amines is 1. The molecule has 0 aliphatic heterocycles. The Morgan fingerprint density at radius 2 is 1.97 bits per heavy atom. The van der Waals surface area contributed by atoms with E-state index < -0.39 is 11.5 Å². The lowest BCUT2D eigenvalue weighted by molar-refractivity contribution is 0.0459. The van der Waals surface area contributed by atoms with Gasteiger partial charge in [-0.1, -0.05) is 29.8 Å². The highest BCUT2D eigenvalue weighted by Crippen LogP contribution is 2.28. The van der Waals surface area contributed by atoms with E-state index in [1.807, 2.05) is 39.0 Å². The maximum atomic E-state index is 13.0. The number of carbonyl (C=O) groups excluding carboxylic acids is 2. The average Bonchev–Trinajstić information content (AvgIpc) is 3.33. The number of fused-ring (bicyclic) bond motifs is 1. The van der Waals surface area contributed by atoms with Crippen molar-refractivity contribution < 1.29 is 18.8 Å². The number of esters is 1. The summed E-state index contributed by atoms with van der Waals surface area (Å²) < 4.78 is 10.4. The van der Waals surface area contributed by atoms with Crippen molar-refractivity contribution in [3.05, 3.63) is 73.0 Å². The van der Waals surface area contributed by atoms with Crippen LogP contribution in [0.25, 0.3) is 10.2 Å². The minimum atomic E-state index is -0.603. The van der Waals surface area contributed by atoms with Crippen molar-refractivity contribution in [1.82, 2.24) is 15.1 Å². The highest BCUT2D eigenvalue weighted by molar-refractivity contribution is 7.20. The standard InChI is InChI=1S/C24H24N4O5S/c1-6-15-19(14(5)33-28-15)24(31)32-10-17-26-21(29)18-13(4)20(34-23(18)27-17)22(30)25-16-8-7-11(2)9-12(16)3/h7-9H,6,10H2,1-5H3,(H,25,30)(H,26,27,29). The van der Waals surface area contributed by atoms with E-state index in [-0.39, 0.29) is 23.9 Å². The van der Waals surface area contributed by atoms with Crippen LogP contribution < -0.4 is 10.9 Å². The second-order valence-corrected chi connectivity index (χ2v) is 9.01. The SMILES string of the molecule is CCc1noc(C)c1C(=O)OCc1nc2sc(C(=O)Nc3ccc(C)cc3C)c(C)c2c(=O)[nH]1. The monoisotopic (exact) mass is 480 g/mol. The lowest BCUT2D eigenvalue weighted by atomic mass is 10.1. The Kier molecular flexibility index (Phi) is 6.34. The van der Waals surface area contributed by atoms with Crippen LogP contribution in [0.3, 0.4) is 0 Å². The van der Waals surface area contributed by atoms with E-state index in [9.17, 15) is 14.4 Å². The van der Waals surface area contributed by atoms with Crippen molar-refractivity contribution in [3.63, 3.8) is 0 Å². The predicted octanol–water partition coefficient (Wildman–Crippen LogP) is 4.38. The summed E-state index contributed by atoms with van der Waals surface area (Å²) in [4.78, 5) is 46.1. The Bertz CT molecular complexity index is 1480. The third-order valence-electron chi connectivity index (χ3n) is 5.50. The van der Waals surface area contributed by atoms with Gasteiger partial charge in [-0.25, -0.2) is 9.78 Å². The normalized spacial score (nSPS) is 11.1. The molecule has 0 aliphatic rings. The Hall–Kier alpha value is -3.79. The van der Waals surface area contributed by atoms with Crippen LogP contribution in [0.5, 0.6) is 0 Å². The highest BCUT2D eigenvalue weighted by Gasteiger charge is 2.23. The topological polar surface area (TPSA) is 127 Å². The molecule has 0 radical (unpaired) electrons. The minimum Gasteiger partial charge on any atom is -0.454 e. The van der Waals surface area contributed by atoms with Crippen LogP contribution in [-0.4, -0.2) is 27.0 Å². The molecule has 0 spiro atoms. The van der Waals surface area contributed by atoms with Gasteiger partial charge in [0, 0.05) is 5.69 Å². The Balaban J connectivity index is 1.57. The summed E-state index contributed by atoms with van der Waals surface area (Å²) >= 11 is 1.12. The molecule has 0 atom stereocenters. The Labute approximate surface area is 199 Å². The molecule has 176 valence electrons. The molecule has 0 saturated heterocycles. The number of aryl methyl sites for hydroxylation is 5. The van der Waals surface area contributed by atoms with Crippen molar-refractivity contribution in [2.24, 2.45) is 0 Å². The van der Waals surface area contributed by atoms with Gasteiger partial charge in [-0.2, -0.15) is 0 Å². The van der Waals surface area contributed by atoms with Crippen LogP contribution in [0, 0.1) is 27.7 Å². The van der Waals surface area contributed by atoms with Gasteiger partial charge < -0.3 is 19.6 Å². The molecule has 0 bridgehead atoms. The van der Waals surface area contributed by atoms with Crippen LogP contribution in [0.4, 0.5) is 5.69 Å².